The molecule has 0 saturated carbocycles. The molecule has 1 heterocycles. The summed E-state index contributed by atoms with van der Waals surface area (Å²) in [7, 11) is 0. The number of carbonyl (C=O) groups excluding carboxylic acids is 1. The van der Waals surface area contributed by atoms with Gasteiger partial charge in [0.25, 0.3) is 0 Å². The van der Waals surface area contributed by atoms with Crippen LogP contribution >= 0.6 is 0 Å². The Kier molecular flexibility index (Phi) is 4.88. The van der Waals surface area contributed by atoms with Gasteiger partial charge in [-0.1, -0.05) is 41.1 Å². The predicted octanol–water partition coefficient (Wildman–Crippen LogP) is 3.79. The van der Waals surface area contributed by atoms with Crippen molar-refractivity contribution >= 4 is 5.91 Å². The van der Waals surface area contributed by atoms with Crippen molar-refractivity contribution in [1.82, 2.24) is 10.5 Å². The molecular weight excluding hydrogens is 326 g/mol. The summed E-state index contributed by atoms with van der Waals surface area (Å²) in [4.78, 5) is 12.0. The highest BCUT2D eigenvalue weighted by Gasteiger charge is 2.13. The molecule has 4 nitrogen and oxygen atoms in total. The Hall–Kier alpha value is -3.02. The van der Waals surface area contributed by atoms with Gasteiger partial charge in [-0.05, 0) is 19.1 Å². The molecule has 0 unspecified atom stereocenters. The molecule has 1 aromatic heterocycles. The van der Waals surface area contributed by atoms with Gasteiger partial charge >= 0.3 is 0 Å². The van der Waals surface area contributed by atoms with E-state index in [1.807, 2.05) is 31.2 Å². The number of carbonyl (C=O) groups is 1. The average molecular weight is 342 g/mol. The zero-order valence-corrected chi connectivity index (χ0v) is 13.6. The summed E-state index contributed by atoms with van der Waals surface area (Å²) < 4.78 is 32.3. The third-order valence-corrected chi connectivity index (χ3v) is 3.76. The number of rotatable bonds is 5. The first-order chi connectivity index (χ1) is 12.0. The van der Waals surface area contributed by atoms with Crippen LogP contribution in [0.25, 0.3) is 11.3 Å². The monoisotopic (exact) mass is 342 g/mol. The fourth-order valence-electron chi connectivity index (χ4n) is 2.36. The molecule has 0 saturated heterocycles. The molecule has 0 aliphatic carbocycles. The molecule has 0 radical (unpaired) electrons. The maximum atomic E-state index is 13.5. The van der Waals surface area contributed by atoms with Gasteiger partial charge in [-0.2, -0.15) is 0 Å². The van der Waals surface area contributed by atoms with E-state index in [1.165, 1.54) is 6.07 Å². The normalized spacial score (nSPS) is 10.7. The molecule has 0 aliphatic heterocycles. The third kappa shape index (κ3) is 4.09. The Morgan fingerprint density at radius 1 is 1.12 bits per heavy atom. The zero-order chi connectivity index (χ0) is 17.8. The largest absolute Gasteiger partial charge is 0.356 e. The van der Waals surface area contributed by atoms with E-state index in [4.69, 9.17) is 4.52 Å². The average Bonchev–Trinajstić information content (AvgIpc) is 3.03. The van der Waals surface area contributed by atoms with Crippen molar-refractivity contribution in [2.45, 2.75) is 19.9 Å². The fourth-order valence-corrected chi connectivity index (χ4v) is 2.36. The minimum absolute atomic E-state index is 0.0363. The van der Waals surface area contributed by atoms with E-state index in [9.17, 15) is 13.6 Å². The summed E-state index contributed by atoms with van der Waals surface area (Å²) in [6.45, 7) is 1.76. The topological polar surface area (TPSA) is 55.1 Å². The molecule has 128 valence electrons. The van der Waals surface area contributed by atoms with E-state index in [0.717, 1.165) is 23.3 Å². The van der Waals surface area contributed by atoms with Gasteiger partial charge in [-0.25, -0.2) is 8.78 Å². The summed E-state index contributed by atoms with van der Waals surface area (Å²) >= 11 is 0. The molecule has 6 heteroatoms. The summed E-state index contributed by atoms with van der Waals surface area (Å²) in [5.41, 5.74) is 2.26. The van der Waals surface area contributed by atoms with E-state index in [1.54, 1.807) is 6.07 Å². The minimum Gasteiger partial charge on any atom is -0.356 e. The van der Waals surface area contributed by atoms with Gasteiger partial charge in [0.2, 0.25) is 5.91 Å². The SMILES string of the molecule is Cc1ccc(-c2cc(CC(=O)NCc3c(F)cccc3F)no2)cc1. The van der Waals surface area contributed by atoms with Gasteiger partial charge in [0.05, 0.1) is 12.1 Å². The van der Waals surface area contributed by atoms with Gasteiger partial charge < -0.3 is 9.84 Å². The van der Waals surface area contributed by atoms with Crippen LogP contribution in [0.2, 0.25) is 0 Å². The molecule has 0 spiro atoms. The number of hydrogen-bond acceptors (Lipinski definition) is 3. The predicted molar refractivity (Wildman–Crippen MR) is 88.6 cm³/mol. The molecule has 2 aromatic carbocycles. The Morgan fingerprint density at radius 2 is 1.80 bits per heavy atom. The molecule has 1 amide bonds. The number of aryl methyl sites for hydroxylation is 1. The van der Waals surface area contributed by atoms with Gasteiger partial charge in [0, 0.05) is 23.7 Å². The Labute approximate surface area is 143 Å². The molecule has 0 bridgehead atoms. The number of nitrogens with zero attached hydrogens (tertiary/aromatic N) is 1. The highest BCUT2D eigenvalue weighted by atomic mass is 19.1. The summed E-state index contributed by atoms with van der Waals surface area (Å²) in [5, 5.41) is 6.35. The van der Waals surface area contributed by atoms with Crippen LogP contribution in [0.5, 0.6) is 0 Å². The number of halogens is 2. The summed E-state index contributed by atoms with van der Waals surface area (Å²) in [6, 6.07) is 13.0. The second kappa shape index (κ2) is 7.25. The van der Waals surface area contributed by atoms with Crippen LogP contribution in [0, 0.1) is 18.6 Å². The standard InChI is InChI=1S/C19H16F2N2O2/c1-12-5-7-13(8-6-12)18-9-14(23-25-18)10-19(24)22-11-15-16(20)3-2-4-17(15)21/h2-9H,10-11H2,1H3,(H,22,24). The number of aromatic nitrogens is 1. The van der Waals surface area contributed by atoms with Crippen molar-refractivity contribution in [2.24, 2.45) is 0 Å². The molecular formula is C19H16F2N2O2. The van der Waals surface area contributed by atoms with Crippen molar-refractivity contribution in [3.05, 3.63) is 77.0 Å². The lowest BCUT2D eigenvalue weighted by Gasteiger charge is -2.06. The van der Waals surface area contributed by atoms with Crippen molar-refractivity contribution in [3.63, 3.8) is 0 Å². The Balaban J connectivity index is 1.61. The summed E-state index contributed by atoms with van der Waals surface area (Å²) in [5.74, 6) is -1.22. The molecule has 3 rings (SSSR count). The van der Waals surface area contributed by atoms with E-state index >= 15 is 0 Å². The lowest BCUT2D eigenvalue weighted by atomic mass is 10.1. The molecule has 25 heavy (non-hydrogen) atoms. The maximum Gasteiger partial charge on any atom is 0.226 e. The van der Waals surface area contributed by atoms with Crippen LogP contribution in [0.4, 0.5) is 8.78 Å². The van der Waals surface area contributed by atoms with Crippen LogP contribution in [0.1, 0.15) is 16.8 Å². The first kappa shape index (κ1) is 16.8. The van der Waals surface area contributed by atoms with Gasteiger partial charge in [-0.3, -0.25) is 4.79 Å². The molecule has 1 N–H and O–H groups in total. The molecule has 0 atom stereocenters. The fraction of sp³-hybridized carbons (Fsp3) is 0.158. The first-order valence-corrected chi connectivity index (χ1v) is 7.75. The summed E-state index contributed by atoms with van der Waals surface area (Å²) in [6.07, 6.45) is -0.0363. The molecule has 0 fully saturated rings. The highest BCUT2D eigenvalue weighted by Crippen LogP contribution is 2.21. The number of hydrogen-bond donors (Lipinski definition) is 1. The Bertz CT molecular complexity index is 868. The smallest absolute Gasteiger partial charge is 0.226 e. The molecule has 0 aliphatic rings. The van der Waals surface area contributed by atoms with E-state index in [2.05, 4.69) is 10.5 Å². The first-order valence-electron chi connectivity index (χ1n) is 7.75. The van der Waals surface area contributed by atoms with Crippen molar-refractivity contribution in [2.75, 3.05) is 0 Å². The van der Waals surface area contributed by atoms with E-state index in [0.29, 0.717) is 11.5 Å². The highest BCUT2D eigenvalue weighted by molar-refractivity contribution is 5.78. The quantitative estimate of drug-likeness (QED) is 0.767. The van der Waals surface area contributed by atoms with Crippen molar-refractivity contribution in [3.8, 4) is 11.3 Å². The second-order valence-electron chi connectivity index (χ2n) is 5.70. The van der Waals surface area contributed by atoms with E-state index < -0.39 is 17.5 Å². The minimum atomic E-state index is -0.691. The number of nitrogens with one attached hydrogen (secondary N) is 1. The third-order valence-electron chi connectivity index (χ3n) is 3.76. The van der Waals surface area contributed by atoms with Gasteiger partial charge in [-0.15, -0.1) is 0 Å². The molecule has 3 aromatic rings. The zero-order valence-electron chi connectivity index (χ0n) is 13.6. The lowest BCUT2D eigenvalue weighted by Crippen LogP contribution is -2.25. The number of amides is 1. The second-order valence-corrected chi connectivity index (χ2v) is 5.70. The van der Waals surface area contributed by atoms with Crippen LogP contribution in [0.3, 0.4) is 0 Å². The van der Waals surface area contributed by atoms with Crippen LogP contribution in [0.15, 0.2) is 53.1 Å². The van der Waals surface area contributed by atoms with Crippen molar-refractivity contribution in [1.29, 1.82) is 0 Å². The lowest BCUT2D eigenvalue weighted by molar-refractivity contribution is -0.120. The Morgan fingerprint density at radius 3 is 2.48 bits per heavy atom. The van der Waals surface area contributed by atoms with Crippen molar-refractivity contribution < 1.29 is 18.1 Å². The van der Waals surface area contributed by atoms with Gasteiger partial charge in [0.15, 0.2) is 5.76 Å². The van der Waals surface area contributed by atoms with Gasteiger partial charge in [0.1, 0.15) is 11.6 Å². The number of benzene rings is 2. The maximum absolute atomic E-state index is 13.5. The van der Waals surface area contributed by atoms with Crippen LogP contribution in [-0.4, -0.2) is 11.1 Å². The van der Waals surface area contributed by atoms with Crippen LogP contribution < -0.4 is 5.32 Å². The van der Waals surface area contributed by atoms with Crippen LogP contribution in [-0.2, 0) is 17.8 Å². The van der Waals surface area contributed by atoms with E-state index in [-0.39, 0.29) is 18.5 Å².